The van der Waals surface area contributed by atoms with Gasteiger partial charge in [-0.25, -0.2) is 10.2 Å². The molecule has 0 saturated carbocycles. The number of hydrazine groups is 1. The first-order chi connectivity index (χ1) is 21.2. The second-order valence-electron chi connectivity index (χ2n) is 12.4. The Kier molecular flexibility index (Phi) is 12.1. The summed E-state index contributed by atoms with van der Waals surface area (Å²) < 4.78 is 11.5. The predicted octanol–water partition coefficient (Wildman–Crippen LogP) is 4.40. The number of aromatic nitrogens is 1. The maximum atomic E-state index is 13.3. The number of benzene rings is 1. The fourth-order valence-electron chi connectivity index (χ4n) is 5.32. The molecule has 0 radical (unpaired) electrons. The molecular formula is C34H47N5O6. The Bertz CT molecular complexity index is 1440. The minimum Gasteiger partial charge on any atom is -0.456 e. The Balaban J connectivity index is 1.72. The van der Waals surface area contributed by atoms with Gasteiger partial charge >= 0.3 is 5.97 Å². The number of amides is 2. The molecule has 3 rings (SSSR count). The molecule has 0 bridgehead atoms. The molecule has 11 heteroatoms. The molecule has 45 heavy (non-hydrogen) atoms. The third-order valence-electron chi connectivity index (χ3n) is 8.35. The van der Waals surface area contributed by atoms with Crippen molar-refractivity contribution in [2.45, 2.75) is 85.1 Å². The number of carbonyl (C=O) groups excluding carboxylic acids is 4. The lowest BCUT2D eigenvalue weighted by Crippen LogP contribution is -2.63. The minimum atomic E-state index is -1.07. The molecule has 0 aliphatic carbocycles. The summed E-state index contributed by atoms with van der Waals surface area (Å²) in [4.78, 5) is 55.2. The highest BCUT2D eigenvalue weighted by Crippen LogP contribution is 2.28. The number of rotatable bonds is 13. The van der Waals surface area contributed by atoms with Crippen molar-refractivity contribution in [2.75, 3.05) is 13.7 Å². The SMILES string of the molecule is COC(C=Cc1cc2cc(C(C)OC(=O)C3(C)CCCN(C(=O)C(C)C=N)N3)ccc2cn1)C(C)C(=O)NC(C(C)=O)C(C)C. The largest absolute Gasteiger partial charge is 0.456 e. The fraction of sp³-hybridized carbons (Fsp3) is 0.529. The number of ketones is 1. The highest BCUT2D eigenvalue weighted by Gasteiger charge is 2.41. The normalized spacial score (nSPS) is 20.3. The monoisotopic (exact) mass is 621 g/mol. The molecule has 1 aliphatic heterocycles. The smallest absolute Gasteiger partial charge is 0.328 e. The van der Waals surface area contributed by atoms with Crippen LogP contribution in [0.15, 0.2) is 36.5 Å². The van der Waals surface area contributed by atoms with E-state index >= 15 is 0 Å². The molecule has 6 unspecified atom stereocenters. The van der Waals surface area contributed by atoms with Gasteiger partial charge in [-0.1, -0.05) is 39.0 Å². The molecule has 11 nitrogen and oxygen atoms in total. The molecule has 1 fully saturated rings. The summed E-state index contributed by atoms with van der Waals surface area (Å²) in [6.45, 7) is 12.6. The van der Waals surface area contributed by atoms with Crippen molar-refractivity contribution < 1.29 is 28.7 Å². The molecule has 2 heterocycles. The van der Waals surface area contributed by atoms with E-state index in [1.165, 1.54) is 19.0 Å². The van der Waals surface area contributed by atoms with Crippen molar-refractivity contribution in [2.24, 2.45) is 17.8 Å². The van der Waals surface area contributed by atoms with Crippen LogP contribution >= 0.6 is 0 Å². The molecule has 0 spiro atoms. The van der Waals surface area contributed by atoms with Gasteiger partial charge in [0.05, 0.1) is 29.7 Å². The number of ether oxygens (including phenoxy) is 2. The molecular weight excluding hydrogens is 574 g/mol. The van der Waals surface area contributed by atoms with E-state index in [9.17, 15) is 19.2 Å². The van der Waals surface area contributed by atoms with Gasteiger partial charge in [-0.05, 0) is 75.6 Å². The van der Waals surface area contributed by atoms with Crippen LogP contribution in [0, 0.1) is 23.2 Å². The van der Waals surface area contributed by atoms with Crippen LogP contribution < -0.4 is 10.7 Å². The lowest BCUT2D eigenvalue weighted by Gasteiger charge is -2.40. The number of methoxy groups -OCH3 is 1. The van der Waals surface area contributed by atoms with E-state index in [0.29, 0.717) is 25.1 Å². The third-order valence-corrected chi connectivity index (χ3v) is 8.35. The van der Waals surface area contributed by atoms with E-state index in [1.807, 2.05) is 38.1 Å². The lowest BCUT2D eigenvalue weighted by molar-refractivity contribution is -0.163. The van der Waals surface area contributed by atoms with Crippen LogP contribution in [0.3, 0.4) is 0 Å². The lowest BCUT2D eigenvalue weighted by atomic mass is 9.94. The molecule has 1 aliphatic rings. The molecule has 3 N–H and O–H groups in total. The van der Waals surface area contributed by atoms with Gasteiger partial charge in [0.1, 0.15) is 11.6 Å². The van der Waals surface area contributed by atoms with Gasteiger partial charge in [0.2, 0.25) is 11.8 Å². The number of nitrogens with zero attached hydrogens (tertiary/aromatic N) is 2. The number of pyridine rings is 1. The summed E-state index contributed by atoms with van der Waals surface area (Å²) in [6.07, 6.45) is 6.46. The van der Waals surface area contributed by atoms with Gasteiger partial charge in [0.15, 0.2) is 5.78 Å². The zero-order valence-electron chi connectivity index (χ0n) is 27.5. The summed E-state index contributed by atoms with van der Waals surface area (Å²) in [5.74, 6) is -2.22. The first kappa shape index (κ1) is 35.5. The zero-order chi connectivity index (χ0) is 33.5. The summed E-state index contributed by atoms with van der Waals surface area (Å²) in [5.41, 5.74) is 3.42. The van der Waals surface area contributed by atoms with Gasteiger partial charge in [-0.2, -0.15) is 0 Å². The first-order valence-electron chi connectivity index (χ1n) is 15.4. The fourth-order valence-corrected chi connectivity index (χ4v) is 5.32. The highest BCUT2D eigenvalue weighted by molar-refractivity contribution is 5.92. The van der Waals surface area contributed by atoms with Crippen LogP contribution in [0.25, 0.3) is 16.8 Å². The van der Waals surface area contributed by atoms with Crippen molar-refractivity contribution in [3.8, 4) is 0 Å². The van der Waals surface area contributed by atoms with Crippen LogP contribution in [-0.4, -0.2) is 71.1 Å². The van der Waals surface area contributed by atoms with E-state index < -0.39 is 41.6 Å². The number of Topliss-reactive ketones (excluding diaryl/α,β-unsaturated/α-hetero) is 1. The predicted molar refractivity (Wildman–Crippen MR) is 173 cm³/mol. The van der Waals surface area contributed by atoms with Gasteiger partial charge in [-0.3, -0.25) is 24.4 Å². The second kappa shape index (κ2) is 15.4. The van der Waals surface area contributed by atoms with Crippen molar-refractivity contribution in [3.05, 3.63) is 47.8 Å². The maximum absolute atomic E-state index is 13.3. The maximum Gasteiger partial charge on any atom is 0.328 e. The minimum absolute atomic E-state index is 0.0246. The standard InChI is InChI=1S/C34H47N5O6/c1-20(2)30(23(5)40)37-31(41)22(4)29(44-8)13-12-28-17-27-16-25(10-11-26(27)19-36-28)24(6)45-33(43)34(7)14-9-15-39(38-34)32(42)21(3)18-35/h10-13,16-22,24,29-30,35,38H,9,14-15H2,1-8H3,(H,37,41). The van der Waals surface area contributed by atoms with E-state index in [-0.39, 0.29) is 23.5 Å². The van der Waals surface area contributed by atoms with Crippen molar-refractivity contribution >= 4 is 46.6 Å². The Labute approximate surface area is 265 Å². The number of nitrogens with one attached hydrogen (secondary N) is 3. The quantitative estimate of drug-likeness (QED) is 0.220. The van der Waals surface area contributed by atoms with Gasteiger partial charge in [0, 0.05) is 31.5 Å². The highest BCUT2D eigenvalue weighted by atomic mass is 16.5. The number of esters is 1. The summed E-state index contributed by atoms with van der Waals surface area (Å²) in [6, 6.07) is 7.11. The number of fused-ring (bicyclic) bond motifs is 1. The van der Waals surface area contributed by atoms with Crippen LogP contribution in [0.5, 0.6) is 0 Å². The molecule has 2 aromatic rings. The number of hydrogen-bond acceptors (Lipinski definition) is 9. The van der Waals surface area contributed by atoms with Gasteiger partial charge in [0.25, 0.3) is 0 Å². The van der Waals surface area contributed by atoms with E-state index in [2.05, 4.69) is 15.7 Å². The van der Waals surface area contributed by atoms with Gasteiger partial charge in [-0.15, -0.1) is 0 Å². The van der Waals surface area contributed by atoms with Gasteiger partial charge < -0.3 is 20.2 Å². The Morgan fingerprint density at radius 1 is 1.11 bits per heavy atom. The van der Waals surface area contributed by atoms with Crippen molar-refractivity contribution in [1.29, 1.82) is 5.41 Å². The Morgan fingerprint density at radius 2 is 1.82 bits per heavy atom. The molecule has 244 valence electrons. The zero-order valence-corrected chi connectivity index (χ0v) is 27.5. The Morgan fingerprint density at radius 3 is 2.44 bits per heavy atom. The van der Waals surface area contributed by atoms with Crippen LogP contribution in [0.1, 0.15) is 78.7 Å². The Hall–Kier alpha value is -3.96. The molecule has 1 saturated heterocycles. The van der Waals surface area contributed by atoms with E-state index in [0.717, 1.165) is 22.6 Å². The van der Waals surface area contributed by atoms with Crippen LogP contribution in [0.4, 0.5) is 0 Å². The van der Waals surface area contributed by atoms with Crippen molar-refractivity contribution in [1.82, 2.24) is 20.7 Å². The molecule has 6 atom stereocenters. The van der Waals surface area contributed by atoms with Crippen LogP contribution in [0.2, 0.25) is 0 Å². The van der Waals surface area contributed by atoms with Crippen LogP contribution in [-0.2, 0) is 28.7 Å². The van der Waals surface area contributed by atoms with E-state index in [4.69, 9.17) is 14.9 Å². The summed E-state index contributed by atoms with van der Waals surface area (Å²) >= 11 is 0. The summed E-state index contributed by atoms with van der Waals surface area (Å²) in [7, 11) is 1.53. The third kappa shape index (κ3) is 8.82. The molecule has 1 aromatic carbocycles. The molecule has 2 amide bonds. The number of hydrogen-bond donors (Lipinski definition) is 3. The first-order valence-corrected chi connectivity index (χ1v) is 15.4. The second-order valence-corrected chi connectivity index (χ2v) is 12.4. The summed E-state index contributed by atoms with van der Waals surface area (Å²) in [5, 5.41) is 13.5. The number of carbonyl (C=O) groups is 4. The average molecular weight is 622 g/mol. The topological polar surface area (TPSA) is 151 Å². The average Bonchev–Trinajstić information content (AvgIpc) is 3.01. The van der Waals surface area contributed by atoms with E-state index in [1.54, 1.807) is 46.0 Å². The molecule has 1 aromatic heterocycles. The van der Waals surface area contributed by atoms with Crippen molar-refractivity contribution in [3.63, 3.8) is 0 Å².